The van der Waals surface area contributed by atoms with Crippen molar-refractivity contribution in [1.29, 1.82) is 0 Å². The third-order valence-corrected chi connectivity index (χ3v) is 13.1. The molecule has 4 aliphatic rings. The lowest BCUT2D eigenvalue weighted by atomic mass is 9.95. The van der Waals surface area contributed by atoms with Gasteiger partial charge in [-0.2, -0.15) is 18.3 Å². The average Bonchev–Trinajstić information content (AvgIpc) is 3.58. The number of methoxy groups -OCH3 is 1. The van der Waals surface area contributed by atoms with Crippen molar-refractivity contribution in [2.24, 2.45) is 11.7 Å². The highest BCUT2D eigenvalue weighted by Gasteiger charge is 2.33. The Morgan fingerprint density at radius 3 is 2.22 bits per heavy atom. The number of nitrogens with zero attached hydrogens (tertiary/aromatic N) is 6. The van der Waals surface area contributed by atoms with Crippen molar-refractivity contribution >= 4 is 52.3 Å². The van der Waals surface area contributed by atoms with E-state index in [2.05, 4.69) is 60.0 Å². The molecule has 5 N–H and O–H groups in total. The van der Waals surface area contributed by atoms with Gasteiger partial charge in [0, 0.05) is 100 Å². The molecule has 19 heteroatoms. The number of aryl methyl sites for hydroxylation is 2. The number of nitrogens with one attached hydrogen (secondary N) is 3. The summed E-state index contributed by atoms with van der Waals surface area (Å²) in [6, 6.07) is 20.5. The van der Waals surface area contributed by atoms with Crippen LogP contribution in [0.4, 0.5) is 50.9 Å². The van der Waals surface area contributed by atoms with Crippen LogP contribution >= 0.6 is 0 Å². The minimum absolute atomic E-state index is 0.0141. The minimum atomic E-state index is -4.67. The lowest BCUT2D eigenvalue weighted by Crippen LogP contribution is -2.49. The SMILES string of the molecule is COc1ccc(C(F)(F)F)cc1C(=O)NCc1ccc(-c2nn3c(c2C(N)=O)Nc2ccc(N4CCN(CC5CCN(c6ccc(N7CCC(=O)NC7=O)cc6)CC5)CC4)cc2CC3)c(F)c1. The maximum Gasteiger partial charge on any atom is 0.416 e. The lowest BCUT2D eigenvalue weighted by Gasteiger charge is -2.40. The molecule has 15 nitrogen and oxygen atoms in total. The van der Waals surface area contributed by atoms with Crippen LogP contribution in [0.15, 0.2) is 78.9 Å². The summed E-state index contributed by atoms with van der Waals surface area (Å²) in [5, 5.41) is 12.9. The highest BCUT2D eigenvalue weighted by molar-refractivity contribution is 6.06. The Kier molecular flexibility index (Phi) is 12.5. The van der Waals surface area contributed by atoms with E-state index in [1.54, 1.807) is 9.58 Å². The Hall–Kier alpha value is -7.15. The number of benzene rings is 4. The highest BCUT2D eigenvalue weighted by atomic mass is 19.4. The summed E-state index contributed by atoms with van der Waals surface area (Å²) in [6.07, 6.45) is -1.59. The minimum Gasteiger partial charge on any atom is -0.496 e. The van der Waals surface area contributed by atoms with Crippen LogP contribution in [0.2, 0.25) is 0 Å². The molecule has 9 rings (SSSR count). The summed E-state index contributed by atoms with van der Waals surface area (Å²) in [5.41, 5.74) is 9.83. The van der Waals surface area contributed by atoms with Crippen molar-refractivity contribution in [3.8, 4) is 17.0 Å². The number of nitrogens with two attached hydrogens (primary N) is 1. The molecule has 5 amide bonds. The van der Waals surface area contributed by atoms with Gasteiger partial charge >= 0.3 is 12.2 Å². The molecule has 0 spiro atoms. The molecule has 67 heavy (non-hydrogen) atoms. The van der Waals surface area contributed by atoms with Crippen molar-refractivity contribution in [1.82, 2.24) is 25.3 Å². The normalized spacial score (nSPS) is 17.0. The zero-order chi connectivity index (χ0) is 47.0. The van der Waals surface area contributed by atoms with Crippen LogP contribution in [-0.4, -0.2) is 97.9 Å². The number of amides is 5. The van der Waals surface area contributed by atoms with Gasteiger partial charge in [-0.05, 0) is 109 Å². The van der Waals surface area contributed by atoms with Crippen LogP contribution in [0.1, 0.15) is 56.7 Å². The Labute approximate surface area is 383 Å². The number of carbonyl (C=O) groups excluding carboxylic acids is 4. The zero-order valence-corrected chi connectivity index (χ0v) is 36.8. The maximum absolute atomic E-state index is 15.8. The summed E-state index contributed by atoms with van der Waals surface area (Å²) in [6.45, 7) is 7.24. The first-order chi connectivity index (χ1) is 32.2. The molecule has 5 heterocycles. The molecule has 3 saturated heterocycles. The topological polar surface area (TPSA) is 170 Å². The first kappa shape index (κ1) is 45.0. The van der Waals surface area contributed by atoms with E-state index in [4.69, 9.17) is 10.5 Å². The molecule has 0 bridgehead atoms. The number of primary amides is 1. The average molecular weight is 923 g/mol. The van der Waals surface area contributed by atoms with Crippen molar-refractivity contribution in [3.63, 3.8) is 0 Å². The molecule has 0 radical (unpaired) electrons. The second-order valence-corrected chi connectivity index (χ2v) is 17.3. The Morgan fingerprint density at radius 1 is 0.821 bits per heavy atom. The van der Waals surface area contributed by atoms with E-state index in [1.165, 1.54) is 19.2 Å². The van der Waals surface area contributed by atoms with Gasteiger partial charge in [-0.15, -0.1) is 0 Å². The summed E-state index contributed by atoms with van der Waals surface area (Å²) in [7, 11) is 1.24. The fourth-order valence-electron chi connectivity index (χ4n) is 9.41. The fraction of sp³-hybridized carbons (Fsp3) is 0.354. The Morgan fingerprint density at radius 2 is 1.54 bits per heavy atom. The van der Waals surface area contributed by atoms with E-state index in [0.29, 0.717) is 49.3 Å². The van der Waals surface area contributed by atoms with Gasteiger partial charge in [-0.1, -0.05) is 6.07 Å². The molecule has 0 aliphatic carbocycles. The smallest absolute Gasteiger partial charge is 0.416 e. The van der Waals surface area contributed by atoms with Crippen molar-refractivity contribution in [2.45, 2.75) is 44.9 Å². The largest absolute Gasteiger partial charge is 0.496 e. The molecule has 0 saturated carbocycles. The first-order valence-electron chi connectivity index (χ1n) is 22.3. The number of piperidine rings is 1. The molecule has 5 aromatic rings. The number of urea groups is 1. The number of fused-ring (bicyclic) bond motifs is 2. The van der Waals surface area contributed by atoms with Crippen molar-refractivity contribution in [3.05, 3.63) is 112 Å². The van der Waals surface area contributed by atoms with Gasteiger partial charge in [0.15, 0.2) is 0 Å². The second-order valence-electron chi connectivity index (χ2n) is 17.3. The predicted octanol–water partition coefficient (Wildman–Crippen LogP) is 6.53. The van der Waals surface area contributed by atoms with Gasteiger partial charge in [0.05, 0.1) is 18.2 Å². The highest BCUT2D eigenvalue weighted by Crippen LogP contribution is 2.38. The number of halogens is 4. The van der Waals surface area contributed by atoms with Crippen LogP contribution in [0, 0.1) is 11.7 Å². The number of piperazine rings is 1. The van der Waals surface area contributed by atoms with E-state index in [-0.39, 0.29) is 46.6 Å². The number of carbonyl (C=O) groups is 4. The van der Waals surface area contributed by atoms with Gasteiger partial charge in [-0.3, -0.25) is 29.5 Å². The number of rotatable bonds is 11. The van der Waals surface area contributed by atoms with Crippen LogP contribution in [-0.2, 0) is 30.5 Å². The van der Waals surface area contributed by atoms with E-state index >= 15 is 4.39 Å². The van der Waals surface area contributed by atoms with Crippen LogP contribution in [0.5, 0.6) is 5.75 Å². The molecule has 1 aromatic heterocycles. The van der Waals surface area contributed by atoms with Crippen LogP contribution < -0.4 is 41.1 Å². The van der Waals surface area contributed by atoms with Gasteiger partial charge in [0.25, 0.3) is 11.8 Å². The second kappa shape index (κ2) is 18.6. The number of aromatic nitrogens is 2. The van der Waals surface area contributed by atoms with Crippen molar-refractivity contribution in [2.75, 3.05) is 79.5 Å². The molecular weight excluding hydrogens is 873 g/mol. The predicted molar refractivity (Wildman–Crippen MR) is 244 cm³/mol. The number of hydrogen-bond acceptors (Lipinski definition) is 10. The molecular formula is C48H50F4N10O5. The maximum atomic E-state index is 15.8. The number of imide groups is 1. The van der Waals surface area contributed by atoms with E-state index < -0.39 is 29.4 Å². The van der Waals surface area contributed by atoms with E-state index in [0.717, 1.165) is 105 Å². The number of anilines is 5. The van der Waals surface area contributed by atoms with Crippen LogP contribution in [0.3, 0.4) is 0 Å². The van der Waals surface area contributed by atoms with Crippen molar-refractivity contribution < 1.29 is 41.5 Å². The summed E-state index contributed by atoms with van der Waals surface area (Å²) >= 11 is 0. The summed E-state index contributed by atoms with van der Waals surface area (Å²) in [5.74, 6) is -1.71. The molecule has 350 valence electrons. The number of alkyl halides is 3. The monoisotopic (exact) mass is 922 g/mol. The van der Waals surface area contributed by atoms with E-state index in [9.17, 15) is 32.3 Å². The molecule has 3 fully saturated rings. The third kappa shape index (κ3) is 9.59. The first-order valence-corrected chi connectivity index (χ1v) is 22.3. The zero-order valence-electron chi connectivity index (χ0n) is 36.8. The lowest BCUT2D eigenvalue weighted by molar-refractivity contribution is -0.137. The quantitative estimate of drug-likeness (QED) is 0.107. The summed E-state index contributed by atoms with van der Waals surface area (Å²) < 4.78 is 62.5. The van der Waals surface area contributed by atoms with Gasteiger partial charge in [0.1, 0.15) is 28.6 Å². The molecule has 4 aliphatic heterocycles. The van der Waals surface area contributed by atoms with E-state index in [1.807, 2.05) is 18.2 Å². The van der Waals surface area contributed by atoms with Crippen LogP contribution in [0.25, 0.3) is 11.3 Å². The molecule has 4 aromatic carbocycles. The Bertz CT molecular complexity index is 2710. The molecule has 0 unspecified atom stereocenters. The Balaban J connectivity index is 0.787. The third-order valence-electron chi connectivity index (χ3n) is 13.1. The fourth-order valence-corrected chi connectivity index (χ4v) is 9.41. The number of ether oxygens (including phenoxy) is 1. The van der Waals surface area contributed by atoms with Gasteiger partial charge < -0.3 is 30.9 Å². The molecule has 0 atom stereocenters. The number of hydrogen-bond donors (Lipinski definition) is 4. The van der Waals surface area contributed by atoms with Gasteiger partial charge in [0.2, 0.25) is 5.91 Å². The summed E-state index contributed by atoms with van der Waals surface area (Å²) in [4.78, 5) is 58.6. The van der Waals surface area contributed by atoms with Gasteiger partial charge in [-0.25, -0.2) is 13.9 Å². The standard InChI is InChI=1S/C48H50F4N10O5/c1-67-40-11-3-32(48(50,51)52)26-37(40)46(65)54-27-30-2-9-36(38(49)24-30)43-42(44(53)64)45-55-39-10-8-35(25-31(39)14-19-62(45)57-43)60-22-20-58(21-23-60)28-29-12-16-59(17-13-29)33-4-6-34(7-5-33)61-18-15-41(63)56-47(61)66/h2-11,24-26,29,55H,12-23,27-28H2,1H3,(H2,53,64)(H,54,65)(H,56,63,66).